The van der Waals surface area contributed by atoms with E-state index in [0.29, 0.717) is 0 Å². The van der Waals surface area contributed by atoms with Crippen LogP contribution in [0, 0.1) is 0 Å². The third-order valence-electron chi connectivity index (χ3n) is 4.71. The predicted octanol–water partition coefficient (Wildman–Crippen LogP) is 4.21. The quantitative estimate of drug-likeness (QED) is 0.730. The zero-order chi connectivity index (χ0) is 13.8. The lowest BCUT2D eigenvalue weighted by atomic mass is 9.88. The number of rotatable bonds is 3. The molecule has 0 unspecified atom stereocenters. The summed E-state index contributed by atoms with van der Waals surface area (Å²) in [5.74, 6) is 0.762. The Balaban J connectivity index is 1.63. The van der Waals surface area contributed by atoms with Gasteiger partial charge in [-0.2, -0.15) is 0 Å². The minimum atomic E-state index is 0.762. The van der Waals surface area contributed by atoms with E-state index in [1.807, 2.05) is 0 Å². The van der Waals surface area contributed by atoms with E-state index < -0.39 is 0 Å². The maximum atomic E-state index is 2.41. The van der Waals surface area contributed by atoms with Crippen molar-refractivity contribution in [2.45, 2.75) is 25.3 Å². The monoisotopic (exact) mass is 266 g/mol. The normalized spacial score (nSPS) is 26.4. The average Bonchev–Trinajstić information content (AvgIpc) is 2.50. The Morgan fingerprint density at radius 2 is 1.40 bits per heavy atom. The fraction of sp³-hybridized carbons (Fsp3) is 0.368. The summed E-state index contributed by atoms with van der Waals surface area (Å²) in [6, 6.07) is 21.9. The van der Waals surface area contributed by atoms with E-state index in [1.54, 1.807) is 0 Å². The fourth-order valence-corrected chi connectivity index (χ4v) is 3.43. The highest BCUT2D eigenvalue weighted by molar-refractivity contribution is 5.19. The van der Waals surface area contributed by atoms with Gasteiger partial charge in [-0.3, -0.25) is 0 Å². The molecule has 0 aliphatic carbocycles. The Labute approximate surface area is 122 Å². The largest absolute Gasteiger partial charge is 0.322 e. The minimum absolute atomic E-state index is 0.762. The summed E-state index contributed by atoms with van der Waals surface area (Å²) in [5.41, 5.74) is 2.99. The lowest BCUT2D eigenvalue weighted by Crippen LogP contribution is -2.48. The molecule has 20 heavy (non-hydrogen) atoms. The zero-order valence-electron chi connectivity index (χ0n) is 12.3. The Morgan fingerprint density at radius 1 is 0.850 bits per heavy atom. The molecule has 1 heterocycles. The molecule has 1 heteroatoms. The van der Waals surface area contributed by atoms with E-state index in [4.69, 9.17) is 0 Å². The van der Waals surface area contributed by atoms with Gasteiger partial charge in [0, 0.05) is 18.4 Å². The van der Waals surface area contributed by atoms with Crippen LogP contribution in [0.25, 0.3) is 0 Å². The first kappa shape index (κ1) is 13.4. The SMILES string of the molecule is C[N+]1(Cc2ccccc2)CCC(c2ccccc2)CC1. The lowest BCUT2D eigenvalue weighted by molar-refractivity contribution is -0.927. The van der Waals surface area contributed by atoms with E-state index >= 15 is 0 Å². The van der Waals surface area contributed by atoms with Crippen molar-refractivity contribution < 1.29 is 4.48 Å². The Kier molecular flexibility index (Phi) is 3.88. The fourth-order valence-electron chi connectivity index (χ4n) is 3.43. The molecule has 1 aliphatic heterocycles. The average molecular weight is 266 g/mol. The van der Waals surface area contributed by atoms with Gasteiger partial charge in [0.25, 0.3) is 0 Å². The van der Waals surface area contributed by atoms with Crippen LogP contribution in [0.3, 0.4) is 0 Å². The van der Waals surface area contributed by atoms with Crippen molar-refractivity contribution in [1.29, 1.82) is 0 Å². The highest BCUT2D eigenvalue weighted by atomic mass is 15.3. The third kappa shape index (κ3) is 3.10. The summed E-state index contributed by atoms with van der Waals surface area (Å²) in [6.45, 7) is 3.74. The third-order valence-corrected chi connectivity index (χ3v) is 4.71. The van der Waals surface area contributed by atoms with Gasteiger partial charge in [-0.05, 0) is 11.5 Å². The molecular weight excluding hydrogens is 242 g/mol. The molecule has 1 fully saturated rings. The zero-order valence-corrected chi connectivity index (χ0v) is 12.3. The van der Waals surface area contributed by atoms with Crippen LogP contribution in [-0.2, 0) is 6.54 Å². The van der Waals surface area contributed by atoms with Gasteiger partial charge in [0.05, 0.1) is 20.1 Å². The molecule has 1 nitrogen and oxygen atoms in total. The van der Waals surface area contributed by atoms with Crippen molar-refractivity contribution in [3.05, 3.63) is 71.8 Å². The molecule has 104 valence electrons. The van der Waals surface area contributed by atoms with Gasteiger partial charge in [0.1, 0.15) is 6.54 Å². The van der Waals surface area contributed by atoms with Crippen LogP contribution in [0.1, 0.15) is 29.9 Å². The molecule has 0 N–H and O–H groups in total. The second-order valence-corrected chi connectivity index (χ2v) is 6.40. The van der Waals surface area contributed by atoms with Gasteiger partial charge in [-0.1, -0.05) is 60.7 Å². The van der Waals surface area contributed by atoms with Crippen LogP contribution in [0.4, 0.5) is 0 Å². The van der Waals surface area contributed by atoms with Crippen molar-refractivity contribution in [3.63, 3.8) is 0 Å². The molecule has 1 aliphatic rings. The second kappa shape index (κ2) is 5.80. The van der Waals surface area contributed by atoms with Crippen molar-refractivity contribution in [1.82, 2.24) is 0 Å². The van der Waals surface area contributed by atoms with E-state index in [-0.39, 0.29) is 0 Å². The van der Waals surface area contributed by atoms with Crippen LogP contribution in [0.5, 0.6) is 0 Å². The highest BCUT2D eigenvalue weighted by Gasteiger charge is 2.30. The first-order valence-electron chi connectivity index (χ1n) is 7.68. The van der Waals surface area contributed by atoms with Crippen LogP contribution in [0.15, 0.2) is 60.7 Å². The highest BCUT2D eigenvalue weighted by Crippen LogP contribution is 2.31. The summed E-state index contributed by atoms with van der Waals surface area (Å²) in [5, 5.41) is 0. The molecule has 1 saturated heterocycles. The maximum absolute atomic E-state index is 2.41. The van der Waals surface area contributed by atoms with Gasteiger partial charge in [0.2, 0.25) is 0 Å². The van der Waals surface area contributed by atoms with Crippen molar-refractivity contribution in [2.75, 3.05) is 20.1 Å². The van der Waals surface area contributed by atoms with E-state index in [9.17, 15) is 0 Å². The first-order chi connectivity index (χ1) is 9.75. The number of benzene rings is 2. The number of hydrogen-bond donors (Lipinski definition) is 0. The Hall–Kier alpha value is -1.60. The molecule has 0 aromatic heterocycles. The molecule has 0 bridgehead atoms. The summed E-state index contributed by atoms with van der Waals surface area (Å²) >= 11 is 0. The molecule has 2 aromatic carbocycles. The van der Waals surface area contributed by atoms with Crippen LogP contribution >= 0.6 is 0 Å². The van der Waals surface area contributed by atoms with E-state index in [0.717, 1.165) is 5.92 Å². The molecule has 0 radical (unpaired) electrons. The van der Waals surface area contributed by atoms with Gasteiger partial charge in [-0.15, -0.1) is 0 Å². The topological polar surface area (TPSA) is 0 Å². The van der Waals surface area contributed by atoms with Gasteiger partial charge >= 0.3 is 0 Å². The van der Waals surface area contributed by atoms with E-state index in [1.165, 1.54) is 48.1 Å². The number of piperidine rings is 1. The van der Waals surface area contributed by atoms with Gasteiger partial charge < -0.3 is 4.48 Å². The lowest BCUT2D eigenvalue weighted by Gasteiger charge is -2.41. The summed E-state index contributed by atoms with van der Waals surface area (Å²) in [6.07, 6.45) is 2.63. The molecule has 0 saturated carbocycles. The molecule has 0 atom stereocenters. The van der Waals surface area contributed by atoms with Gasteiger partial charge in [0.15, 0.2) is 0 Å². The number of nitrogens with zero attached hydrogens (tertiary/aromatic N) is 1. The number of likely N-dealkylation sites (tertiary alicyclic amines) is 1. The molecule has 0 amide bonds. The second-order valence-electron chi connectivity index (χ2n) is 6.40. The Bertz CT molecular complexity index is 524. The molecule has 0 spiro atoms. The predicted molar refractivity (Wildman–Crippen MR) is 84.5 cm³/mol. The first-order valence-corrected chi connectivity index (χ1v) is 7.68. The summed E-state index contributed by atoms with van der Waals surface area (Å²) in [4.78, 5) is 0. The van der Waals surface area contributed by atoms with Crippen molar-refractivity contribution in [3.8, 4) is 0 Å². The maximum Gasteiger partial charge on any atom is 0.104 e. The smallest absolute Gasteiger partial charge is 0.104 e. The van der Waals surface area contributed by atoms with Crippen molar-refractivity contribution in [2.24, 2.45) is 0 Å². The summed E-state index contributed by atoms with van der Waals surface area (Å²) < 4.78 is 1.19. The van der Waals surface area contributed by atoms with Gasteiger partial charge in [-0.25, -0.2) is 0 Å². The molecule has 2 aromatic rings. The van der Waals surface area contributed by atoms with Crippen molar-refractivity contribution >= 4 is 0 Å². The van der Waals surface area contributed by atoms with E-state index in [2.05, 4.69) is 67.7 Å². The molecule has 3 rings (SSSR count). The van der Waals surface area contributed by atoms with Crippen LogP contribution in [-0.4, -0.2) is 24.6 Å². The summed E-state index contributed by atoms with van der Waals surface area (Å²) in [7, 11) is 2.41. The number of hydrogen-bond acceptors (Lipinski definition) is 0. The Morgan fingerprint density at radius 3 is 2.00 bits per heavy atom. The minimum Gasteiger partial charge on any atom is -0.322 e. The van der Waals surface area contributed by atoms with Crippen LogP contribution in [0.2, 0.25) is 0 Å². The standard InChI is InChI=1S/C19H24N/c1-20(16-17-8-4-2-5-9-17)14-12-19(13-15-20)18-10-6-3-7-11-18/h2-11,19H,12-16H2,1H3/q+1. The molecular formula is C19H24N+. The number of quaternary nitrogens is 1. The van der Waals surface area contributed by atoms with Crippen LogP contribution < -0.4 is 0 Å².